The van der Waals surface area contributed by atoms with Gasteiger partial charge in [-0.05, 0) is 12.8 Å². The fraction of sp³-hybridized carbons (Fsp3) is 0.857. The number of carboxylic acid groups (broad SMARTS) is 1. The second-order valence-electron chi connectivity index (χ2n) is 5.74. The number of methoxy groups -OCH3 is 2. The molecule has 1 saturated heterocycles. The van der Waals surface area contributed by atoms with Crippen molar-refractivity contribution >= 4 is 12.0 Å². The minimum atomic E-state index is -0.828. The van der Waals surface area contributed by atoms with Gasteiger partial charge in [0.15, 0.2) is 0 Å². The first-order valence-electron chi connectivity index (χ1n) is 7.40. The summed E-state index contributed by atoms with van der Waals surface area (Å²) < 4.78 is 10.6. The summed E-state index contributed by atoms with van der Waals surface area (Å²) in [6.45, 7) is 0.927. The monoisotopic (exact) mass is 300 g/mol. The molecular weight excluding hydrogens is 276 g/mol. The zero-order valence-electron chi connectivity index (χ0n) is 12.6. The van der Waals surface area contributed by atoms with E-state index in [1.807, 2.05) is 0 Å². The van der Waals surface area contributed by atoms with Gasteiger partial charge in [-0.1, -0.05) is 12.8 Å². The number of nitrogens with one attached hydrogen (secondary N) is 1. The van der Waals surface area contributed by atoms with Crippen LogP contribution >= 0.6 is 0 Å². The summed E-state index contributed by atoms with van der Waals surface area (Å²) in [6.07, 6.45) is 2.94. The van der Waals surface area contributed by atoms with Crippen LogP contribution in [0.1, 0.15) is 25.7 Å². The predicted molar refractivity (Wildman–Crippen MR) is 75.1 cm³/mol. The molecular formula is C14H24N2O5. The van der Waals surface area contributed by atoms with Crippen LogP contribution < -0.4 is 5.32 Å². The van der Waals surface area contributed by atoms with Crippen LogP contribution in [0.4, 0.5) is 4.79 Å². The van der Waals surface area contributed by atoms with Crippen molar-refractivity contribution in [2.24, 2.45) is 5.92 Å². The number of carbonyl (C=O) groups excluding carboxylic acids is 1. The van der Waals surface area contributed by atoms with Gasteiger partial charge in [-0.3, -0.25) is 4.79 Å². The van der Waals surface area contributed by atoms with Crippen molar-refractivity contribution in [3.63, 3.8) is 0 Å². The van der Waals surface area contributed by atoms with E-state index < -0.39 is 11.9 Å². The molecule has 2 amide bonds. The maximum Gasteiger partial charge on any atom is 0.317 e. The molecule has 120 valence electrons. The maximum atomic E-state index is 12.3. The molecule has 0 spiro atoms. The standard InChI is InChI=1S/C14H24N2O5/c1-20-11-7-16(8-12(11)21-2)14(19)15-10-6-4-3-5-9(10)13(17)18/h9-12H,3-8H2,1-2H3,(H,15,19)(H,17,18). The summed E-state index contributed by atoms with van der Waals surface area (Å²) in [6, 6.07) is -0.513. The molecule has 1 aliphatic heterocycles. The van der Waals surface area contributed by atoms with Crippen molar-refractivity contribution in [3.05, 3.63) is 0 Å². The van der Waals surface area contributed by atoms with E-state index in [1.165, 1.54) is 0 Å². The SMILES string of the molecule is COC1CN(C(=O)NC2CCCCC2C(=O)O)CC1OC. The average molecular weight is 300 g/mol. The second kappa shape index (κ2) is 7.09. The van der Waals surface area contributed by atoms with E-state index in [0.717, 1.165) is 19.3 Å². The van der Waals surface area contributed by atoms with Gasteiger partial charge < -0.3 is 24.8 Å². The first-order valence-corrected chi connectivity index (χ1v) is 7.40. The summed E-state index contributed by atoms with van der Waals surface area (Å²) >= 11 is 0. The zero-order chi connectivity index (χ0) is 15.4. The van der Waals surface area contributed by atoms with Crippen LogP contribution in [0.3, 0.4) is 0 Å². The Kier molecular flexibility index (Phi) is 5.41. The predicted octanol–water partition coefficient (Wildman–Crippen LogP) is 0.685. The van der Waals surface area contributed by atoms with Gasteiger partial charge in [0.1, 0.15) is 12.2 Å². The highest BCUT2D eigenvalue weighted by Gasteiger charge is 2.38. The number of urea groups is 1. The number of rotatable bonds is 4. The van der Waals surface area contributed by atoms with E-state index in [2.05, 4.69) is 5.32 Å². The number of aliphatic carboxylic acids is 1. The topological polar surface area (TPSA) is 88.1 Å². The van der Waals surface area contributed by atoms with Gasteiger partial charge in [-0.2, -0.15) is 0 Å². The van der Waals surface area contributed by atoms with Crippen molar-refractivity contribution in [2.75, 3.05) is 27.3 Å². The van der Waals surface area contributed by atoms with Crippen LogP contribution in [0, 0.1) is 5.92 Å². The van der Waals surface area contributed by atoms with Crippen LogP contribution in [0.15, 0.2) is 0 Å². The number of hydrogen-bond acceptors (Lipinski definition) is 4. The molecule has 7 nitrogen and oxygen atoms in total. The van der Waals surface area contributed by atoms with Gasteiger partial charge in [0.05, 0.1) is 19.0 Å². The van der Waals surface area contributed by atoms with Crippen molar-refractivity contribution < 1.29 is 24.2 Å². The second-order valence-corrected chi connectivity index (χ2v) is 5.74. The van der Waals surface area contributed by atoms with Crippen LogP contribution in [-0.2, 0) is 14.3 Å². The lowest BCUT2D eigenvalue weighted by Gasteiger charge is -2.30. The molecule has 1 aliphatic carbocycles. The minimum absolute atomic E-state index is 0.137. The average Bonchev–Trinajstić information content (AvgIpc) is 2.91. The third kappa shape index (κ3) is 3.65. The van der Waals surface area contributed by atoms with Crippen molar-refractivity contribution in [1.82, 2.24) is 10.2 Å². The smallest absolute Gasteiger partial charge is 0.317 e. The van der Waals surface area contributed by atoms with Gasteiger partial charge >= 0.3 is 12.0 Å². The maximum absolute atomic E-state index is 12.3. The first kappa shape index (κ1) is 16.0. The van der Waals surface area contributed by atoms with Gasteiger partial charge in [0.2, 0.25) is 0 Å². The van der Waals surface area contributed by atoms with Crippen LogP contribution in [-0.4, -0.2) is 67.6 Å². The lowest BCUT2D eigenvalue weighted by atomic mass is 9.84. The first-order chi connectivity index (χ1) is 10.1. The van der Waals surface area contributed by atoms with E-state index in [4.69, 9.17) is 9.47 Å². The molecule has 21 heavy (non-hydrogen) atoms. The molecule has 4 unspecified atom stereocenters. The highest BCUT2D eigenvalue weighted by Crippen LogP contribution is 2.25. The van der Waals surface area contributed by atoms with Gasteiger partial charge in [0.25, 0.3) is 0 Å². The van der Waals surface area contributed by atoms with Crippen LogP contribution in [0.25, 0.3) is 0 Å². The molecule has 0 radical (unpaired) electrons. The fourth-order valence-corrected chi connectivity index (χ4v) is 3.21. The molecule has 2 rings (SSSR count). The Labute approximate surface area is 124 Å². The molecule has 2 aliphatic rings. The highest BCUT2D eigenvalue weighted by atomic mass is 16.5. The molecule has 7 heteroatoms. The number of ether oxygens (including phenoxy) is 2. The van der Waals surface area contributed by atoms with Gasteiger partial charge in [0, 0.05) is 20.3 Å². The molecule has 0 aromatic heterocycles. The Bertz CT molecular complexity index is 378. The number of likely N-dealkylation sites (tertiary alicyclic amines) is 1. The van der Waals surface area contributed by atoms with Crippen molar-refractivity contribution in [2.45, 2.75) is 43.9 Å². The molecule has 2 N–H and O–H groups in total. The molecule has 0 aromatic carbocycles. The Morgan fingerprint density at radius 1 is 1.10 bits per heavy atom. The largest absolute Gasteiger partial charge is 0.481 e. The van der Waals surface area contributed by atoms with Crippen molar-refractivity contribution in [1.29, 1.82) is 0 Å². The molecule has 2 fully saturated rings. The molecule has 1 heterocycles. The Morgan fingerprint density at radius 2 is 1.67 bits per heavy atom. The molecule has 0 bridgehead atoms. The fourth-order valence-electron chi connectivity index (χ4n) is 3.21. The summed E-state index contributed by atoms with van der Waals surface area (Å²) in [5.74, 6) is -1.31. The minimum Gasteiger partial charge on any atom is -0.481 e. The van der Waals surface area contributed by atoms with E-state index in [0.29, 0.717) is 19.5 Å². The number of nitrogens with zero attached hydrogens (tertiary/aromatic N) is 1. The molecule has 4 atom stereocenters. The lowest BCUT2D eigenvalue weighted by Crippen LogP contribution is -2.50. The summed E-state index contributed by atoms with van der Waals surface area (Å²) in [4.78, 5) is 25.2. The van der Waals surface area contributed by atoms with Crippen molar-refractivity contribution in [3.8, 4) is 0 Å². The van der Waals surface area contributed by atoms with Gasteiger partial charge in [-0.15, -0.1) is 0 Å². The zero-order valence-corrected chi connectivity index (χ0v) is 12.6. The Balaban J connectivity index is 1.93. The number of carbonyl (C=O) groups is 2. The quantitative estimate of drug-likeness (QED) is 0.797. The summed E-state index contributed by atoms with van der Waals surface area (Å²) in [7, 11) is 3.19. The van der Waals surface area contributed by atoms with Crippen LogP contribution in [0.2, 0.25) is 0 Å². The number of amides is 2. The molecule has 1 saturated carbocycles. The van der Waals surface area contributed by atoms with E-state index in [-0.39, 0.29) is 24.3 Å². The van der Waals surface area contributed by atoms with E-state index >= 15 is 0 Å². The Hall–Kier alpha value is -1.34. The number of carboxylic acids is 1. The lowest BCUT2D eigenvalue weighted by molar-refractivity contribution is -0.143. The van der Waals surface area contributed by atoms with E-state index in [1.54, 1.807) is 19.1 Å². The third-order valence-electron chi connectivity index (χ3n) is 4.50. The third-order valence-corrected chi connectivity index (χ3v) is 4.50. The number of hydrogen-bond donors (Lipinski definition) is 2. The van der Waals surface area contributed by atoms with Gasteiger partial charge in [-0.25, -0.2) is 4.79 Å². The van der Waals surface area contributed by atoms with E-state index in [9.17, 15) is 14.7 Å². The normalized spacial score (nSPS) is 33.0. The highest BCUT2D eigenvalue weighted by molar-refractivity contribution is 5.77. The summed E-state index contributed by atoms with van der Waals surface area (Å²) in [5.41, 5.74) is 0. The Morgan fingerprint density at radius 3 is 2.19 bits per heavy atom. The van der Waals surface area contributed by atoms with Crippen LogP contribution in [0.5, 0.6) is 0 Å². The summed E-state index contributed by atoms with van der Waals surface area (Å²) in [5, 5.41) is 12.1. The molecule has 0 aromatic rings.